The molecule has 0 spiro atoms. The number of carbonyl (C=O) groups excluding carboxylic acids is 1. The average Bonchev–Trinajstić information content (AvgIpc) is 2.25. The first-order valence-corrected chi connectivity index (χ1v) is 4.50. The van der Waals surface area contributed by atoms with Crippen LogP contribution in [0.15, 0.2) is 18.2 Å². The van der Waals surface area contributed by atoms with Gasteiger partial charge in [-0.25, -0.2) is 0 Å². The molecule has 0 unspecified atom stereocenters. The van der Waals surface area contributed by atoms with Gasteiger partial charge in [-0.3, -0.25) is 4.79 Å². The van der Waals surface area contributed by atoms with Crippen LogP contribution in [0, 0.1) is 0 Å². The third-order valence-electron chi connectivity index (χ3n) is 1.89. The highest BCUT2D eigenvalue weighted by Crippen LogP contribution is 2.28. The Balaban J connectivity index is 3.07. The van der Waals surface area contributed by atoms with Crippen molar-refractivity contribution in [2.45, 2.75) is 6.92 Å². The second kappa shape index (κ2) is 5.36. The molecule has 4 heteroatoms. The molecule has 0 bridgehead atoms. The zero-order chi connectivity index (χ0) is 11.3. The molecule has 1 aromatic rings. The van der Waals surface area contributed by atoms with E-state index >= 15 is 0 Å². The smallest absolute Gasteiger partial charge is 0.188 e. The number of rotatable bonds is 5. The van der Waals surface area contributed by atoms with Crippen molar-refractivity contribution in [2.24, 2.45) is 0 Å². The van der Waals surface area contributed by atoms with Crippen molar-refractivity contribution in [1.82, 2.24) is 0 Å². The number of carbonyl (C=O) groups is 1. The first-order valence-electron chi connectivity index (χ1n) is 4.50. The van der Waals surface area contributed by atoms with Gasteiger partial charge in [0, 0.05) is 7.11 Å². The molecule has 0 aliphatic carbocycles. The molecule has 0 saturated carbocycles. The summed E-state index contributed by atoms with van der Waals surface area (Å²) >= 11 is 0. The Bertz CT molecular complexity index is 346. The number of benzene rings is 1. The number of hydrogen-bond acceptors (Lipinski definition) is 4. The first-order chi connectivity index (χ1) is 7.20. The Morgan fingerprint density at radius 1 is 1.27 bits per heavy atom. The van der Waals surface area contributed by atoms with Crippen molar-refractivity contribution < 1.29 is 19.0 Å². The van der Waals surface area contributed by atoms with Crippen LogP contribution in [0.2, 0.25) is 0 Å². The summed E-state index contributed by atoms with van der Waals surface area (Å²) in [7, 11) is 3.04. The maximum absolute atomic E-state index is 11.4. The molecule has 82 valence electrons. The maximum atomic E-state index is 11.4. The number of ether oxygens (including phenoxy) is 3. The van der Waals surface area contributed by atoms with E-state index in [1.54, 1.807) is 18.2 Å². The van der Waals surface area contributed by atoms with Crippen molar-refractivity contribution in [3.63, 3.8) is 0 Å². The van der Waals surface area contributed by atoms with E-state index in [9.17, 15) is 4.79 Å². The highest BCUT2D eigenvalue weighted by Gasteiger charge is 2.14. The van der Waals surface area contributed by atoms with Gasteiger partial charge in [-0.15, -0.1) is 0 Å². The minimum atomic E-state index is -0.0986. The average molecular weight is 210 g/mol. The minimum absolute atomic E-state index is 0.0986. The second-order valence-corrected chi connectivity index (χ2v) is 2.94. The maximum Gasteiger partial charge on any atom is 0.188 e. The molecular weight excluding hydrogens is 196 g/mol. The van der Waals surface area contributed by atoms with Crippen molar-refractivity contribution in [3.05, 3.63) is 23.8 Å². The van der Waals surface area contributed by atoms with Crippen LogP contribution < -0.4 is 9.47 Å². The molecule has 4 nitrogen and oxygen atoms in total. The van der Waals surface area contributed by atoms with E-state index in [0.717, 1.165) is 0 Å². The molecule has 0 radical (unpaired) electrons. The van der Waals surface area contributed by atoms with Crippen molar-refractivity contribution in [3.8, 4) is 11.5 Å². The lowest BCUT2D eigenvalue weighted by Gasteiger charge is -2.11. The van der Waals surface area contributed by atoms with Gasteiger partial charge in [0.05, 0.1) is 7.11 Å². The molecule has 0 saturated heterocycles. The molecule has 0 fully saturated rings. The molecule has 0 heterocycles. The number of ketones is 1. The largest absolute Gasteiger partial charge is 0.496 e. The number of Topliss-reactive ketones (excluding diaryl/α,β-unsaturated/α-hetero) is 1. The van der Waals surface area contributed by atoms with E-state index < -0.39 is 0 Å². The fourth-order valence-electron chi connectivity index (χ4n) is 1.27. The summed E-state index contributed by atoms with van der Waals surface area (Å²) in [5.41, 5.74) is 0.442. The molecule has 0 amide bonds. The number of hydrogen-bond donors (Lipinski definition) is 0. The SMILES string of the molecule is COCOc1cccc(OC)c1C(C)=O. The standard InChI is InChI=1S/C11H14O4/c1-8(12)11-9(14-3)5-4-6-10(11)15-7-13-2/h4-6H,7H2,1-3H3. The van der Waals surface area contributed by atoms with Crippen molar-refractivity contribution in [1.29, 1.82) is 0 Å². The fourth-order valence-corrected chi connectivity index (χ4v) is 1.27. The van der Waals surface area contributed by atoms with Gasteiger partial charge in [-0.2, -0.15) is 0 Å². The quantitative estimate of drug-likeness (QED) is 0.550. The van der Waals surface area contributed by atoms with Gasteiger partial charge >= 0.3 is 0 Å². The van der Waals surface area contributed by atoms with E-state index in [-0.39, 0.29) is 12.6 Å². The summed E-state index contributed by atoms with van der Waals surface area (Å²) in [5.74, 6) is 0.887. The summed E-state index contributed by atoms with van der Waals surface area (Å²) in [4.78, 5) is 11.4. The molecule has 1 rings (SSSR count). The molecule has 0 atom stereocenters. The van der Waals surface area contributed by atoms with Gasteiger partial charge in [0.1, 0.15) is 17.1 Å². The summed E-state index contributed by atoms with van der Waals surface area (Å²) < 4.78 is 15.1. The highest BCUT2D eigenvalue weighted by atomic mass is 16.7. The molecule has 0 aliphatic heterocycles. The predicted octanol–water partition coefficient (Wildman–Crippen LogP) is 1.88. The van der Waals surface area contributed by atoms with Gasteiger partial charge in [0.25, 0.3) is 0 Å². The van der Waals surface area contributed by atoms with E-state index in [1.165, 1.54) is 21.1 Å². The van der Waals surface area contributed by atoms with Crippen LogP contribution in [0.4, 0.5) is 0 Å². The van der Waals surface area contributed by atoms with Crippen LogP contribution in [0.25, 0.3) is 0 Å². The van der Waals surface area contributed by atoms with Crippen LogP contribution in [0.1, 0.15) is 17.3 Å². The topological polar surface area (TPSA) is 44.8 Å². The third kappa shape index (κ3) is 2.70. The third-order valence-corrected chi connectivity index (χ3v) is 1.89. The summed E-state index contributed by atoms with van der Waals surface area (Å²) in [6, 6.07) is 5.19. The summed E-state index contributed by atoms with van der Waals surface area (Å²) in [5, 5.41) is 0. The lowest BCUT2D eigenvalue weighted by atomic mass is 10.1. The Morgan fingerprint density at radius 3 is 2.47 bits per heavy atom. The van der Waals surface area contributed by atoms with Crippen molar-refractivity contribution in [2.75, 3.05) is 21.0 Å². The predicted molar refractivity (Wildman–Crippen MR) is 55.5 cm³/mol. The van der Waals surface area contributed by atoms with Gasteiger partial charge < -0.3 is 14.2 Å². The lowest BCUT2D eigenvalue weighted by molar-refractivity contribution is 0.0501. The van der Waals surface area contributed by atoms with Crippen LogP contribution in [-0.4, -0.2) is 26.8 Å². The monoisotopic (exact) mass is 210 g/mol. The summed E-state index contributed by atoms with van der Waals surface area (Å²) in [6.45, 7) is 1.57. The molecular formula is C11H14O4. The van der Waals surface area contributed by atoms with Gasteiger partial charge in [0.15, 0.2) is 12.6 Å². The van der Waals surface area contributed by atoms with Crippen LogP contribution in [-0.2, 0) is 4.74 Å². The Morgan fingerprint density at radius 2 is 1.93 bits per heavy atom. The number of methoxy groups -OCH3 is 2. The Labute approximate surface area is 88.8 Å². The van der Waals surface area contributed by atoms with Gasteiger partial charge in [-0.05, 0) is 19.1 Å². The van der Waals surface area contributed by atoms with Crippen molar-refractivity contribution >= 4 is 5.78 Å². The Hall–Kier alpha value is -1.55. The van der Waals surface area contributed by atoms with Crippen LogP contribution in [0.3, 0.4) is 0 Å². The molecule has 0 aliphatic rings. The fraction of sp³-hybridized carbons (Fsp3) is 0.364. The molecule has 0 aromatic heterocycles. The lowest BCUT2D eigenvalue weighted by Crippen LogP contribution is -2.05. The second-order valence-electron chi connectivity index (χ2n) is 2.94. The van der Waals surface area contributed by atoms with Crippen LogP contribution >= 0.6 is 0 Å². The van der Waals surface area contributed by atoms with E-state index in [4.69, 9.17) is 14.2 Å². The highest BCUT2D eigenvalue weighted by molar-refractivity contribution is 5.99. The van der Waals surface area contributed by atoms with E-state index in [0.29, 0.717) is 17.1 Å². The van der Waals surface area contributed by atoms with E-state index in [1.807, 2.05) is 0 Å². The first kappa shape index (κ1) is 11.5. The van der Waals surface area contributed by atoms with E-state index in [2.05, 4.69) is 0 Å². The van der Waals surface area contributed by atoms with Gasteiger partial charge in [0.2, 0.25) is 0 Å². The Kier molecular flexibility index (Phi) is 4.12. The van der Waals surface area contributed by atoms with Gasteiger partial charge in [-0.1, -0.05) is 6.07 Å². The zero-order valence-electron chi connectivity index (χ0n) is 9.07. The molecule has 0 N–H and O–H groups in total. The normalized spacial score (nSPS) is 9.80. The zero-order valence-corrected chi connectivity index (χ0v) is 9.07. The van der Waals surface area contributed by atoms with Crippen LogP contribution in [0.5, 0.6) is 11.5 Å². The minimum Gasteiger partial charge on any atom is -0.496 e. The molecule has 1 aromatic carbocycles. The molecule has 15 heavy (non-hydrogen) atoms. The summed E-state index contributed by atoms with van der Waals surface area (Å²) in [6.07, 6.45) is 0.